The maximum absolute atomic E-state index is 11.6. The van der Waals surface area contributed by atoms with Crippen LogP contribution in [-0.2, 0) is 13.0 Å². The van der Waals surface area contributed by atoms with Gasteiger partial charge in [0, 0.05) is 24.8 Å². The number of anilines is 1. The van der Waals surface area contributed by atoms with Gasteiger partial charge in [0.2, 0.25) is 0 Å². The number of aryl methyl sites for hydroxylation is 1. The molecular weight excluding hydrogens is 248 g/mol. The van der Waals surface area contributed by atoms with Gasteiger partial charge in [-0.2, -0.15) is 0 Å². The van der Waals surface area contributed by atoms with Crippen molar-refractivity contribution in [3.63, 3.8) is 0 Å². The highest BCUT2D eigenvalue weighted by Crippen LogP contribution is 2.15. The number of carbonyl (C=O) groups excluding carboxylic acids is 1. The molecule has 0 atom stereocenters. The smallest absolute Gasteiger partial charge is 0.251 e. The Morgan fingerprint density at radius 2 is 1.80 bits per heavy atom. The van der Waals surface area contributed by atoms with Crippen LogP contribution in [0.3, 0.4) is 0 Å². The summed E-state index contributed by atoms with van der Waals surface area (Å²) in [5.74, 6) is -0.0670. The van der Waals surface area contributed by atoms with Crippen LogP contribution in [0.15, 0.2) is 48.5 Å². The van der Waals surface area contributed by atoms with Gasteiger partial charge in [-0.3, -0.25) is 4.79 Å². The first-order valence-electron chi connectivity index (χ1n) is 6.87. The van der Waals surface area contributed by atoms with Gasteiger partial charge in [0.15, 0.2) is 0 Å². The largest absolute Gasteiger partial charge is 0.381 e. The summed E-state index contributed by atoms with van der Waals surface area (Å²) >= 11 is 0. The fourth-order valence-electron chi connectivity index (χ4n) is 2.19. The quantitative estimate of drug-likeness (QED) is 0.874. The minimum atomic E-state index is -0.0670. The van der Waals surface area contributed by atoms with E-state index in [0.717, 1.165) is 18.7 Å². The Morgan fingerprint density at radius 1 is 1.05 bits per heavy atom. The molecule has 2 aromatic carbocycles. The molecule has 0 aliphatic carbocycles. The molecule has 0 heterocycles. The average Bonchev–Trinajstić information content (AvgIpc) is 2.52. The summed E-state index contributed by atoms with van der Waals surface area (Å²) in [5, 5.41) is 6.01. The molecule has 0 fully saturated rings. The molecule has 0 spiro atoms. The molecule has 0 aromatic heterocycles. The molecule has 20 heavy (non-hydrogen) atoms. The van der Waals surface area contributed by atoms with Crippen molar-refractivity contribution in [3.05, 3.63) is 65.2 Å². The predicted molar refractivity (Wildman–Crippen MR) is 83.0 cm³/mol. The zero-order chi connectivity index (χ0) is 14.4. The van der Waals surface area contributed by atoms with Crippen LogP contribution < -0.4 is 10.6 Å². The lowest BCUT2D eigenvalue weighted by Gasteiger charge is -2.11. The third-order valence-electron chi connectivity index (χ3n) is 3.33. The number of hydrogen-bond acceptors (Lipinski definition) is 2. The van der Waals surface area contributed by atoms with Crippen LogP contribution in [0.25, 0.3) is 0 Å². The second kappa shape index (κ2) is 6.75. The maximum atomic E-state index is 11.6. The highest BCUT2D eigenvalue weighted by molar-refractivity contribution is 5.94. The standard InChI is InChI=1S/C17H20N2O/c1-3-13-7-4-5-8-15(13)12-19-16-10-6-9-14(11-16)17(20)18-2/h4-11,19H,3,12H2,1-2H3,(H,18,20). The normalized spacial score (nSPS) is 10.1. The molecule has 104 valence electrons. The van der Waals surface area contributed by atoms with E-state index in [9.17, 15) is 4.79 Å². The number of rotatable bonds is 5. The van der Waals surface area contributed by atoms with Crippen molar-refractivity contribution in [2.45, 2.75) is 19.9 Å². The summed E-state index contributed by atoms with van der Waals surface area (Å²) in [6.07, 6.45) is 1.02. The first-order valence-corrected chi connectivity index (χ1v) is 6.87. The lowest BCUT2D eigenvalue weighted by molar-refractivity contribution is 0.0963. The summed E-state index contributed by atoms with van der Waals surface area (Å²) < 4.78 is 0. The van der Waals surface area contributed by atoms with Crippen molar-refractivity contribution in [1.82, 2.24) is 5.32 Å². The fourth-order valence-corrected chi connectivity index (χ4v) is 2.19. The number of hydrogen-bond donors (Lipinski definition) is 2. The number of benzene rings is 2. The molecule has 0 unspecified atom stereocenters. The zero-order valence-corrected chi connectivity index (χ0v) is 11.9. The van der Waals surface area contributed by atoms with Crippen LogP contribution in [0.1, 0.15) is 28.4 Å². The topological polar surface area (TPSA) is 41.1 Å². The molecule has 0 bridgehead atoms. The second-order valence-corrected chi connectivity index (χ2v) is 4.64. The lowest BCUT2D eigenvalue weighted by atomic mass is 10.1. The van der Waals surface area contributed by atoms with Gasteiger partial charge in [-0.1, -0.05) is 37.3 Å². The zero-order valence-electron chi connectivity index (χ0n) is 11.9. The van der Waals surface area contributed by atoms with Gasteiger partial charge in [0.25, 0.3) is 5.91 Å². The highest BCUT2D eigenvalue weighted by atomic mass is 16.1. The summed E-state index contributed by atoms with van der Waals surface area (Å²) in [7, 11) is 1.64. The fraction of sp³-hybridized carbons (Fsp3) is 0.235. The number of amides is 1. The van der Waals surface area contributed by atoms with Crippen LogP contribution >= 0.6 is 0 Å². The second-order valence-electron chi connectivity index (χ2n) is 4.64. The van der Waals surface area contributed by atoms with Gasteiger partial charge >= 0.3 is 0 Å². The molecule has 3 nitrogen and oxygen atoms in total. The van der Waals surface area contributed by atoms with Crippen LogP contribution in [-0.4, -0.2) is 13.0 Å². The van der Waals surface area contributed by atoms with Crippen molar-refractivity contribution in [2.24, 2.45) is 0 Å². The average molecular weight is 268 g/mol. The molecule has 0 radical (unpaired) electrons. The molecule has 2 rings (SSSR count). The van der Waals surface area contributed by atoms with E-state index in [2.05, 4.69) is 41.8 Å². The van der Waals surface area contributed by atoms with E-state index in [-0.39, 0.29) is 5.91 Å². The van der Waals surface area contributed by atoms with Crippen molar-refractivity contribution in [1.29, 1.82) is 0 Å². The minimum Gasteiger partial charge on any atom is -0.381 e. The highest BCUT2D eigenvalue weighted by Gasteiger charge is 2.04. The molecule has 2 aromatic rings. The summed E-state index contributed by atoms with van der Waals surface area (Å²) in [5.41, 5.74) is 4.26. The van der Waals surface area contributed by atoms with Gasteiger partial charge in [0.05, 0.1) is 0 Å². The summed E-state index contributed by atoms with van der Waals surface area (Å²) in [4.78, 5) is 11.6. The maximum Gasteiger partial charge on any atom is 0.251 e. The Morgan fingerprint density at radius 3 is 2.50 bits per heavy atom. The van der Waals surface area contributed by atoms with E-state index in [0.29, 0.717) is 5.56 Å². The van der Waals surface area contributed by atoms with E-state index in [1.807, 2.05) is 24.3 Å². The Hall–Kier alpha value is -2.29. The molecule has 0 saturated carbocycles. The predicted octanol–water partition coefficient (Wildman–Crippen LogP) is 3.22. The summed E-state index contributed by atoms with van der Waals surface area (Å²) in [6.45, 7) is 2.92. The van der Waals surface area contributed by atoms with Crippen LogP contribution in [0.5, 0.6) is 0 Å². The van der Waals surface area contributed by atoms with E-state index >= 15 is 0 Å². The third kappa shape index (κ3) is 3.38. The van der Waals surface area contributed by atoms with E-state index in [1.165, 1.54) is 11.1 Å². The number of carbonyl (C=O) groups is 1. The van der Waals surface area contributed by atoms with E-state index < -0.39 is 0 Å². The molecule has 2 N–H and O–H groups in total. The first kappa shape index (κ1) is 14.1. The van der Waals surface area contributed by atoms with Crippen molar-refractivity contribution in [2.75, 3.05) is 12.4 Å². The Bertz CT molecular complexity index is 593. The molecule has 0 saturated heterocycles. The Balaban J connectivity index is 2.09. The van der Waals surface area contributed by atoms with Gasteiger partial charge < -0.3 is 10.6 Å². The molecule has 0 aliphatic rings. The first-order chi connectivity index (χ1) is 9.74. The van der Waals surface area contributed by atoms with Crippen LogP contribution in [0.2, 0.25) is 0 Å². The molecule has 3 heteroatoms. The number of nitrogens with one attached hydrogen (secondary N) is 2. The minimum absolute atomic E-state index is 0.0670. The van der Waals surface area contributed by atoms with E-state index in [4.69, 9.17) is 0 Å². The third-order valence-corrected chi connectivity index (χ3v) is 3.33. The van der Waals surface area contributed by atoms with Gasteiger partial charge in [-0.05, 0) is 35.7 Å². The molecular formula is C17H20N2O. The lowest BCUT2D eigenvalue weighted by Crippen LogP contribution is -2.17. The molecule has 1 amide bonds. The van der Waals surface area contributed by atoms with Crippen LogP contribution in [0, 0.1) is 0 Å². The van der Waals surface area contributed by atoms with Crippen LogP contribution in [0.4, 0.5) is 5.69 Å². The van der Waals surface area contributed by atoms with E-state index in [1.54, 1.807) is 7.05 Å². The Kier molecular flexibility index (Phi) is 4.77. The van der Waals surface area contributed by atoms with Crippen molar-refractivity contribution in [3.8, 4) is 0 Å². The molecule has 0 aliphatic heterocycles. The van der Waals surface area contributed by atoms with Gasteiger partial charge in [-0.15, -0.1) is 0 Å². The van der Waals surface area contributed by atoms with Gasteiger partial charge in [-0.25, -0.2) is 0 Å². The monoisotopic (exact) mass is 268 g/mol. The SMILES string of the molecule is CCc1ccccc1CNc1cccc(C(=O)NC)c1. The van der Waals surface area contributed by atoms with Gasteiger partial charge in [0.1, 0.15) is 0 Å². The summed E-state index contributed by atoms with van der Waals surface area (Å²) in [6, 6.07) is 15.9. The van der Waals surface area contributed by atoms with Crippen molar-refractivity contribution < 1.29 is 4.79 Å². The Labute approximate surface area is 120 Å². The van der Waals surface area contributed by atoms with Crippen molar-refractivity contribution >= 4 is 11.6 Å².